The molecule has 1 fully saturated rings. The number of hydrogen-bond donors (Lipinski definition) is 4. The minimum absolute atomic E-state index is 0. The van der Waals surface area contributed by atoms with E-state index in [2.05, 4.69) is 15.5 Å². The number of carbonyl (C=O) groups excluding carboxylic acids is 3. The number of carbonyl (C=O) groups is 3. The average Bonchev–Trinajstić information content (AvgIpc) is 3.02. The second-order valence-corrected chi connectivity index (χ2v) is 6.39. The lowest BCUT2D eigenvalue weighted by atomic mass is 10.0. The molecule has 1 unspecified atom stereocenters. The van der Waals surface area contributed by atoms with E-state index in [0.29, 0.717) is 17.2 Å². The summed E-state index contributed by atoms with van der Waals surface area (Å²) in [4.78, 5) is 39.8. The van der Waals surface area contributed by atoms with E-state index in [0.717, 1.165) is 4.90 Å². The Bertz CT molecular complexity index is 1060. The number of hydrogen-bond acceptors (Lipinski definition) is 6. The maximum atomic E-state index is 13.1. The first kappa shape index (κ1) is 24.2. The van der Waals surface area contributed by atoms with Gasteiger partial charge in [0.1, 0.15) is 11.5 Å². The largest absolute Gasteiger partial charge is 1.00 e. The first-order chi connectivity index (χ1) is 14.8. The summed E-state index contributed by atoms with van der Waals surface area (Å²) < 4.78 is 10.2. The normalized spacial score (nSPS) is 16.4. The zero-order valence-corrected chi connectivity index (χ0v) is 17.9. The zero-order valence-electron chi connectivity index (χ0n) is 17.2. The maximum absolute atomic E-state index is 13.1. The fraction of sp³-hybridized carbons (Fsp3) is 0.150. The highest BCUT2D eigenvalue weighted by atomic mass is 35.5. The number of methoxy groups -OCH3 is 2. The zero-order chi connectivity index (χ0) is 22.5. The van der Waals surface area contributed by atoms with Gasteiger partial charge in [-0.25, -0.2) is 4.90 Å². The molecule has 12 heteroatoms. The van der Waals surface area contributed by atoms with Gasteiger partial charge < -0.3 is 27.2 Å². The SMILES string of the molecule is COc1ccc(NC(=O)C2C(=O)N(c3ccc(OC)cc3)C(=O)/C2=N\[NH+]=C(N)N)cc1.[Cl-]. The molecule has 0 saturated carbocycles. The molecule has 1 heterocycles. The number of halogens is 1. The third-order valence-electron chi connectivity index (χ3n) is 4.42. The number of ether oxygens (including phenoxy) is 2. The molecule has 1 atom stereocenters. The topological polar surface area (TPSA) is 163 Å². The molecule has 1 aliphatic heterocycles. The van der Waals surface area contributed by atoms with E-state index in [9.17, 15) is 14.4 Å². The molecular formula is C20H21ClN6O5. The molecule has 2 aromatic rings. The van der Waals surface area contributed by atoms with E-state index in [1.165, 1.54) is 26.4 Å². The molecule has 168 valence electrons. The maximum Gasteiger partial charge on any atom is 0.362 e. The number of hydrazone groups is 1. The number of nitrogens with two attached hydrogens (primary N) is 2. The molecule has 0 aliphatic carbocycles. The van der Waals surface area contributed by atoms with Crippen LogP contribution in [0.3, 0.4) is 0 Å². The Hall–Kier alpha value is -4.12. The molecule has 3 rings (SSSR count). The van der Waals surface area contributed by atoms with Crippen LogP contribution in [0.15, 0.2) is 53.6 Å². The molecule has 11 nitrogen and oxygen atoms in total. The molecule has 1 aliphatic rings. The van der Waals surface area contributed by atoms with E-state index in [4.69, 9.17) is 20.9 Å². The Kier molecular flexibility index (Phi) is 7.75. The van der Waals surface area contributed by atoms with Crippen molar-refractivity contribution >= 4 is 40.8 Å². The molecule has 0 aromatic heterocycles. The summed E-state index contributed by atoms with van der Waals surface area (Å²) in [5, 5.41) is 8.64. The lowest BCUT2D eigenvalue weighted by molar-refractivity contribution is -0.464. The fourth-order valence-corrected chi connectivity index (χ4v) is 2.92. The van der Waals surface area contributed by atoms with Gasteiger partial charge >= 0.3 is 5.96 Å². The Labute approximate surface area is 189 Å². The predicted octanol–water partition coefficient (Wildman–Crippen LogP) is -4.45. The summed E-state index contributed by atoms with van der Waals surface area (Å²) in [6.45, 7) is 0. The number of nitrogens with zero attached hydrogens (tertiary/aromatic N) is 2. The van der Waals surface area contributed by atoms with Crippen LogP contribution >= 0.6 is 0 Å². The molecule has 3 amide bonds. The highest BCUT2D eigenvalue weighted by Gasteiger charge is 2.50. The predicted molar refractivity (Wildman–Crippen MR) is 112 cm³/mol. The molecule has 0 spiro atoms. The van der Waals surface area contributed by atoms with Crippen molar-refractivity contribution in [1.82, 2.24) is 0 Å². The van der Waals surface area contributed by atoms with Crippen LogP contribution in [0.4, 0.5) is 11.4 Å². The van der Waals surface area contributed by atoms with Crippen LogP contribution in [-0.2, 0) is 14.4 Å². The van der Waals surface area contributed by atoms with E-state index in [1.54, 1.807) is 36.4 Å². The van der Waals surface area contributed by atoms with E-state index < -0.39 is 23.6 Å². The number of nitrogens with one attached hydrogen (secondary N) is 2. The minimum atomic E-state index is -1.51. The van der Waals surface area contributed by atoms with Crippen molar-refractivity contribution in [3.8, 4) is 11.5 Å². The molecule has 0 bridgehead atoms. The third kappa shape index (κ3) is 4.95. The summed E-state index contributed by atoms with van der Waals surface area (Å²) in [7, 11) is 3.00. The number of imide groups is 1. The van der Waals surface area contributed by atoms with Gasteiger partial charge in [0.05, 0.1) is 19.9 Å². The van der Waals surface area contributed by atoms with Crippen LogP contribution in [0, 0.1) is 5.92 Å². The van der Waals surface area contributed by atoms with Gasteiger partial charge in [-0.05, 0) is 48.5 Å². The van der Waals surface area contributed by atoms with Gasteiger partial charge in [-0.15, -0.1) is 5.10 Å². The summed E-state index contributed by atoms with van der Waals surface area (Å²) in [6, 6.07) is 12.7. The molecule has 0 radical (unpaired) electrons. The summed E-state index contributed by atoms with van der Waals surface area (Å²) in [5.41, 5.74) is 11.0. The van der Waals surface area contributed by atoms with Crippen LogP contribution in [0.25, 0.3) is 0 Å². The fourth-order valence-electron chi connectivity index (χ4n) is 2.92. The van der Waals surface area contributed by atoms with Gasteiger partial charge in [0.15, 0.2) is 11.6 Å². The number of rotatable bonds is 6. The molecule has 1 saturated heterocycles. The summed E-state index contributed by atoms with van der Waals surface area (Å²) >= 11 is 0. The lowest BCUT2D eigenvalue weighted by Gasteiger charge is -2.14. The van der Waals surface area contributed by atoms with E-state index >= 15 is 0 Å². The van der Waals surface area contributed by atoms with Gasteiger partial charge in [0.2, 0.25) is 5.91 Å². The second-order valence-electron chi connectivity index (χ2n) is 6.39. The van der Waals surface area contributed by atoms with Crippen molar-refractivity contribution < 1.29 is 41.4 Å². The quantitative estimate of drug-likeness (QED) is 0.111. The van der Waals surface area contributed by atoms with Crippen molar-refractivity contribution in [3.05, 3.63) is 48.5 Å². The Morgan fingerprint density at radius 2 is 1.53 bits per heavy atom. The van der Waals surface area contributed by atoms with Crippen LogP contribution < -0.4 is 48.7 Å². The molecule has 32 heavy (non-hydrogen) atoms. The third-order valence-corrected chi connectivity index (χ3v) is 4.42. The highest BCUT2D eigenvalue weighted by molar-refractivity contribution is 6.61. The highest BCUT2D eigenvalue weighted by Crippen LogP contribution is 2.28. The number of benzene rings is 2. The van der Waals surface area contributed by atoms with Gasteiger partial charge in [0, 0.05) is 5.69 Å². The molecule has 2 aromatic carbocycles. The first-order valence-corrected chi connectivity index (χ1v) is 9.04. The Morgan fingerprint density at radius 1 is 1.00 bits per heavy atom. The number of guanidine groups is 1. The first-order valence-electron chi connectivity index (χ1n) is 9.04. The van der Waals surface area contributed by atoms with Crippen molar-refractivity contribution in [2.45, 2.75) is 0 Å². The van der Waals surface area contributed by atoms with Crippen LogP contribution in [-0.4, -0.2) is 43.6 Å². The van der Waals surface area contributed by atoms with Crippen LogP contribution in [0.2, 0.25) is 0 Å². The van der Waals surface area contributed by atoms with Gasteiger partial charge in [-0.3, -0.25) is 25.9 Å². The van der Waals surface area contributed by atoms with Gasteiger partial charge in [-0.1, -0.05) is 0 Å². The average molecular weight is 461 g/mol. The van der Waals surface area contributed by atoms with Crippen molar-refractivity contribution in [2.75, 3.05) is 24.4 Å². The smallest absolute Gasteiger partial charge is 0.362 e. The Morgan fingerprint density at radius 3 is 2.03 bits per heavy atom. The Balaban J connectivity index is 0.00000363. The number of amides is 3. The lowest BCUT2D eigenvalue weighted by Crippen LogP contribution is -3.00. The monoisotopic (exact) mass is 460 g/mol. The second kappa shape index (κ2) is 10.3. The molecule has 6 N–H and O–H groups in total. The van der Waals surface area contributed by atoms with Gasteiger partial charge in [0.25, 0.3) is 11.8 Å². The van der Waals surface area contributed by atoms with Crippen LogP contribution in [0.1, 0.15) is 0 Å². The van der Waals surface area contributed by atoms with Gasteiger partial charge in [-0.2, -0.15) is 5.10 Å². The van der Waals surface area contributed by atoms with E-state index in [-0.39, 0.29) is 29.8 Å². The van der Waals surface area contributed by atoms with Crippen molar-refractivity contribution in [1.29, 1.82) is 0 Å². The van der Waals surface area contributed by atoms with Crippen LogP contribution in [0.5, 0.6) is 11.5 Å². The van der Waals surface area contributed by atoms with Crippen molar-refractivity contribution in [3.63, 3.8) is 0 Å². The summed E-state index contributed by atoms with van der Waals surface area (Å²) in [5.74, 6) is -2.96. The standard InChI is InChI=1S/C20H20N6O5.ClH/c1-30-13-7-3-11(4-8-13)23-17(27)15-16(24-25-20(21)22)19(29)26(18(15)28)12-5-9-14(31-2)10-6-12;/h3-10,15H,1-2H3,(H,23,27)(H4,21,22,25);1H/b24-16-;. The van der Waals surface area contributed by atoms with E-state index in [1.807, 2.05) is 0 Å². The summed E-state index contributed by atoms with van der Waals surface area (Å²) in [6.07, 6.45) is 0. The minimum Gasteiger partial charge on any atom is -1.00 e. The number of anilines is 2. The van der Waals surface area contributed by atoms with Crippen molar-refractivity contribution in [2.24, 2.45) is 22.5 Å². The molecular weight excluding hydrogens is 440 g/mol.